The number of benzene rings is 2. The Hall–Kier alpha value is -1.06. The van der Waals surface area contributed by atoms with Crippen LogP contribution in [0.2, 0.25) is 5.02 Å². The molecule has 0 aliphatic rings. The molecule has 0 aliphatic carbocycles. The fraction of sp³-hybridized carbons (Fsp3) is 0.0833. The maximum atomic E-state index is 7.48. The molecule has 0 spiro atoms. The van der Waals surface area contributed by atoms with E-state index in [9.17, 15) is 0 Å². The van der Waals surface area contributed by atoms with Gasteiger partial charge >= 0.3 is 0 Å². The molecule has 0 bridgehead atoms. The van der Waals surface area contributed by atoms with Crippen molar-refractivity contribution >= 4 is 44.1 Å². The number of hydrogen-bond acceptors (Lipinski definition) is 1. The first-order chi connectivity index (χ1) is 7.49. The Bertz CT molecular complexity index is 593. The van der Waals surface area contributed by atoms with Crippen LogP contribution in [0.5, 0.6) is 0 Å². The molecule has 2 aromatic carbocycles. The second-order valence-electron chi connectivity index (χ2n) is 3.69. The molecule has 2 aromatic rings. The molecule has 0 atom stereocenters. The predicted octanol–water partition coefficient (Wildman–Crippen LogP) is 3.85. The molecule has 0 heterocycles. The van der Waals surface area contributed by atoms with Crippen LogP contribution in [0.1, 0.15) is 11.1 Å². The van der Waals surface area contributed by atoms with Gasteiger partial charge in [-0.2, -0.15) is 0 Å². The van der Waals surface area contributed by atoms with Crippen LogP contribution in [0.4, 0.5) is 0 Å². The van der Waals surface area contributed by atoms with E-state index in [-0.39, 0.29) is 5.84 Å². The molecule has 0 fully saturated rings. The van der Waals surface area contributed by atoms with Gasteiger partial charge in [0.2, 0.25) is 0 Å². The lowest BCUT2D eigenvalue weighted by atomic mass is 10.0. The van der Waals surface area contributed by atoms with E-state index < -0.39 is 0 Å². The van der Waals surface area contributed by atoms with Gasteiger partial charge in [-0.25, -0.2) is 0 Å². The summed E-state index contributed by atoms with van der Waals surface area (Å²) in [6.45, 7) is 1.94. The van der Waals surface area contributed by atoms with E-state index in [0.29, 0.717) is 5.02 Å². The summed E-state index contributed by atoms with van der Waals surface area (Å²) in [5, 5.41) is 10.2. The molecule has 0 saturated heterocycles. The van der Waals surface area contributed by atoms with Crippen molar-refractivity contribution in [3.63, 3.8) is 0 Å². The van der Waals surface area contributed by atoms with Crippen LogP contribution >= 0.6 is 27.5 Å². The Morgan fingerprint density at radius 3 is 2.50 bits per heavy atom. The van der Waals surface area contributed by atoms with Crippen molar-refractivity contribution in [3.8, 4) is 0 Å². The molecule has 4 heteroatoms. The number of rotatable bonds is 1. The molecule has 0 aliphatic heterocycles. The Balaban J connectivity index is 2.79. The van der Waals surface area contributed by atoms with Crippen molar-refractivity contribution in [2.45, 2.75) is 6.92 Å². The standard InChI is InChI=1S/C12H10BrClN2/c1-6-2-7-4-10(13)11(14)5-8(7)3-9(6)12(15)16/h2-5H,1H3,(H3,15,16). The molecule has 0 amide bonds. The smallest absolute Gasteiger partial charge is 0.123 e. The number of halogens is 2. The van der Waals surface area contributed by atoms with Gasteiger partial charge in [0.1, 0.15) is 5.84 Å². The highest BCUT2D eigenvalue weighted by molar-refractivity contribution is 9.10. The number of fused-ring (bicyclic) bond motifs is 1. The quantitative estimate of drug-likeness (QED) is 0.609. The maximum absolute atomic E-state index is 7.48. The number of aryl methyl sites for hydroxylation is 1. The number of nitrogens with two attached hydrogens (primary N) is 1. The van der Waals surface area contributed by atoms with Crippen molar-refractivity contribution in [2.24, 2.45) is 5.73 Å². The number of hydrogen-bond donors (Lipinski definition) is 2. The van der Waals surface area contributed by atoms with Gasteiger partial charge in [-0.3, -0.25) is 5.41 Å². The Labute approximate surface area is 107 Å². The van der Waals surface area contributed by atoms with Crippen LogP contribution in [-0.2, 0) is 0 Å². The fourth-order valence-corrected chi connectivity index (χ4v) is 2.23. The molecular formula is C12H10BrClN2. The monoisotopic (exact) mass is 296 g/mol. The third-order valence-corrected chi connectivity index (χ3v) is 3.71. The van der Waals surface area contributed by atoms with E-state index in [4.69, 9.17) is 22.7 Å². The average Bonchev–Trinajstić information content (AvgIpc) is 2.19. The molecule has 2 rings (SSSR count). The average molecular weight is 298 g/mol. The van der Waals surface area contributed by atoms with Crippen molar-refractivity contribution < 1.29 is 0 Å². The highest BCUT2D eigenvalue weighted by Gasteiger charge is 2.06. The predicted molar refractivity (Wildman–Crippen MR) is 72.4 cm³/mol. The Morgan fingerprint density at radius 1 is 1.25 bits per heavy atom. The van der Waals surface area contributed by atoms with Crippen molar-refractivity contribution in [1.29, 1.82) is 5.41 Å². The lowest BCUT2D eigenvalue weighted by Gasteiger charge is -2.07. The van der Waals surface area contributed by atoms with Crippen LogP contribution in [0.3, 0.4) is 0 Å². The van der Waals surface area contributed by atoms with Gasteiger partial charge in [-0.1, -0.05) is 17.7 Å². The summed E-state index contributed by atoms with van der Waals surface area (Å²) in [5.74, 6) is 0.0819. The minimum absolute atomic E-state index is 0.0819. The summed E-state index contributed by atoms with van der Waals surface area (Å²) in [6.07, 6.45) is 0. The summed E-state index contributed by atoms with van der Waals surface area (Å²) in [7, 11) is 0. The van der Waals surface area contributed by atoms with Crippen molar-refractivity contribution in [2.75, 3.05) is 0 Å². The van der Waals surface area contributed by atoms with E-state index in [1.165, 1.54) is 0 Å². The van der Waals surface area contributed by atoms with Gasteiger partial charge in [0.05, 0.1) is 5.02 Å². The molecule has 82 valence electrons. The highest BCUT2D eigenvalue weighted by Crippen LogP contribution is 2.29. The topological polar surface area (TPSA) is 49.9 Å². The second-order valence-corrected chi connectivity index (χ2v) is 4.96. The Morgan fingerprint density at radius 2 is 1.88 bits per heavy atom. The normalized spacial score (nSPS) is 10.7. The van der Waals surface area contributed by atoms with Crippen LogP contribution in [0, 0.1) is 12.3 Å². The third kappa shape index (κ3) is 1.93. The molecule has 0 unspecified atom stereocenters. The first-order valence-electron chi connectivity index (χ1n) is 4.73. The SMILES string of the molecule is Cc1cc2cc(Br)c(Cl)cc2cc1C(=N)N. The molecule has 3 N–H and O–H groups in total. The van der Waals surface area contributed by atoms with Gasteiger partial charge in [0, 0.05) is 10.0 Å². The van der Waals surface area contributed by atoms with E-state index in [1.54, 1.807) is 0 Å². The molecule has 0 radical (unpaired) electrons. The van der Waals surface area contributed by atoms with Crippen molar-refractivity contribution in [1.82, 2.24) is 0 Å². The summed E-state index contributed by atoms with van der Waals surface area (Å²) in [6, 6.07) is 7.74. The minimum atomic E-state index is 0.0819. The van der Waals surface area contributed by atoms with Crippen LogP contribution in [-0.4, -0.2) is 5.84 Å². The minimum Gasteiger partial charge on any atom is -0.384 e. The van der Waals surface area contributed by atoms with Gasteiger partial charge < -0.3 is 5.73 Å². The van der Waals surface area contributed by atoms with E-state index in [0.717, 1.165) is 26.4 Å². The summed E-state index contributed by atoms with van der Waals surface area (Å²) in [4.78, 5) is 0. The number of nitrogens with one attached hydrogen (secondary N) is 1. The first kappa shape index (κ1) is 11.4. The summed E-state index contributed by atoms with van der Waals surface area (Å²) in [5.41, 5.74) is 7.26. The third-order valence-electron chi connectivity index (χ3n) is 2.51. The lowest BCUT2D eigenvalue weighted by molar-refractivity contribution is 1.38. The van der Waals surface area contributed by atoms with Crippen LogP contribution < -0.4 is 5.73 Å². The number of amidine groups is 1. The fourth-order valence-electron chi connectivity index (χ4n) is 1.70. The van der Waals surface area contributed by atoms with Gasteiger partial charge in [-0.15, -0.1) is 0 Å². The number of nitrogen functional groups attached to an aromatic ring is 1. The second kappa shape index (κ2) is 4.07. The van der Waals surface area contributed by atoms with Crippen LogP contribution in [0.25, 0.3) is 10.8 Å². The van der Waals surface area contributed by atoms with E-state index >= 15 is 0 Å². The van der Waals surface area contributed by atoms with Gasteiger partial charge in [0.25, 0.3) is 0 Å². The molecule has 2 nitrogen and oxygen atoms in total. The zero-order valence-electron chi connectivity index (χ0n) is 8.64. The summed E-state index contributed by atoms with van der Waals surface area (Å²) >= 11 is 9.42. The van der Waals surface area contributed by atoms with Crippen molar-refractivity contribution in [3.05, 3.63) is 44.9 Å². The van der Waals surface area contributed by atoms with Gasteiger partial charge in [0.15, 0.2) is 0 Å². The van der Waals surface area contributed by atoms with E-state index in [2.05, 4.69) is 15.9 Å². The maximum Gasteiger partial charge on any atom is 0.123 e. The molecule has 16 heavy (non-hydrogen) atoms. The zero-order valence-corrected chi connectivity index (χ0v) is 11.0. The molecule has 0 aromatic heterocycles. The summed E-state index contributed by atoms with van der Waals surface area (Å²) < 4.78 is 0.872. The lowest BCUT2D eigenvalue weighted by Crippen LogP contribution is -2.12. The highest BCUT2D eigenvalue weighted by atomic mass is 79.9. The Kier molecular flexibility index (Phi) is 2.91. The van der Waals surface area contributed by atoms with Crippen LogP contribution in [0.15, 0.2) is 28.7 Å². The molecular weight excluding hydrogens is 288 g/mol. The largest absolute Gasteiger partial charge is 0.384 e. The zero-order chi connectivity index (χ0) is 11.9. The first-order valence-corrected chi connectivity index (χ1v) is 5.90. The van der Waals surface area contributed by atoms with Gasteiger partial charge in [-0.05, 0) is 57.4 Å². The van der Waals surface area contributed by atoms with E-state index in [1.807, 2.05) is 31.2 Å². The molecule has 0 saturated carbocycles.